The minimum atomic E-state index is -0.928. The maximum atomic E-state index is 10.9. The monoisotopic (exact) mass is 322 g/mol. The van der Waals surface area contributed by atoms with Crippen molar-refractivity contribution in [3.05, 3.63) is 77.1 Å². The van der Waals surface area contributed by atoms with E-state index in [0.29, 0.717) is 11.7 Å². The van der Waals surface area contributed by atoms with Gasteiger partial charge >= 0.3 is 5.97 Å². The van der Waals surface area contributed by atoms with Crippen molar-refractivity contribution >= 4 is 5.97 Å². The lowest BCUT2D eigenvalue weighted by atomic mass is 9.83. The van der Waals surface area contributed by atoms with Crippen molar-refractivity contribution in [1.82, 2.24) is 0 Å². The summed E-state index contributed by atoms with van der Waals surface area (Å²) in [6.07, 6.45) is 13.0. The average Bonchev–Trinajstić information content (AvgIpc) is 2.60. The van der Waals surface area contributed by atoms with Gasteiger partial charge in [-0.15, -0.1) is 0 Å². The Labute approximate surface area is 142 Å². The van der Waals surface area contributed by atoms with Gasteiger partial charge < -0.3 is 9.84 Å². The van der Waals surface area contributed by atoms with Crippen LogP contribution in [0.5, 0.6) is 5.75 Å². The van der Waals surface area contributed by atoms with Crippen LogP contribution in [0.4, 0.5) is 0 Å². The molecule has 1 aromatic rings. The lowest BCUT2D eigenvalue weighted by molar-refractivity contribution is 0.0697. The average molecular weight is 322 g/mol. The Balaban J connectivity index is 1.83. The number of carboxylic acids is 1. The lowest BCUT2D eigenvalue weighted by Crippen LogP contribution is -2.18. The van der Waals surface area contributed by atoms with E-state index in [2.05, 4.69) is 44.2 Å². The number of allylic oxidation sites excluding steroid dienone is 8. The highest BCUT2D eigenvalue weighted by molar-refractivity contribution is 5.87. The van der Waals surface area contributed by atoms with Gasteiger partial charge in [0.05, 0.1) is 5.56 Å². The van der Waals surface area contributed by atoms with Crippen LogP contribution in [0, 0.1) is 11.8 Å². The van der Waals surface area contributed by atoms with E-state index in [-0.39, 0.29) is 11.5 Å². The van der Waals surface area contributed by atoms with Gasteiger partial charge in [-0.1, -0.05) is 38.2 Å². The first-order chi connectivity index (χ1) is 11.5. The zero-order chi connectivity index (χ0) is 17.1. The number of carbonyl (C=O) groups is 1. The van der Waals surface area contributed by atoms with Gasteiger partial charge in [0.2, 0.25) is 0 Å². The van der Waals surface area contributed by atoms with Crippen LogP contribution < -0.4 is 4.74 Å². The van der Waals surface area contributed by atoms with Crippen LogP contribution >= 0.6 is 0 Å². The quantitative estimate of drug-likeness (QED) is 0.835. The second-order valence-electron chi connectivity index (χ2n) is 6.41. The smallest absolute Gasteiger partial charge is 0.335 e. The van der Waals surface area contributed by atoms with E-state index >= 15 is 0 Å². The molecule has 24 heavy (non-hydrogen) atoms. The highest BCUT2D eigenvalue weighted by Crippen LogP contribution is 2.34. The number of rotatable bonds is 4. The van der Waals surface area contributed by atoms with Gasteiger partial charge in [0.25, 0.3) is 0 Å². The third-order valence-electron chi connectivity index (χ3n) is 4.70. The highest BCUT2D eigenvalue weighted by atomic mass is 16.5. The molecule has 0 amide bonds. The van der Waals surface area contributed by atoms with Crippen LogP contribution in [0.1, 0.15) is 37.0 Å². The summed E-state index contributed by atoms with van der Waals surface area (Å²) in [6, 6.07) is 6.56. The van der Waals surface area contributed by atoms with Crippen LogP contribution in [-0.2, 0) is 0 Å². The standard InChI is InChI=1S/C21H22O3/c1-14-12-18(16-6-4-3-5-7-16)13-20(15(14)2)24-19-10-8-17(9-11-19)21(22)23/h3-4,6,8-15H,5,7H2,1-2H3,(H,22,23). The van der Waals surface area contributed by atoms with Crippen molar-refractivity contribution in [2.75, 3.05) is 0 Å². The summed E-state index contributed by atoms with van der Waals surface area (Å²) in [5, 5.41) is 8.98. The van der Waals surface area contributed by atoms with Crippen LogP contribution in [0.3, 0.4) is 0 Å². The van der Waals surface area contributed by atoms with Gasteiger partial charge in [-0.25, -0.2) is 4.79 Å². The number of aromatic carboxylic acids is 1. The van der Waals surface area contributed by atoms with Crippen molar-refractivity contribution in [2.24, 2.45) is 11.8 Å². The van der Waals surface area contributed by atoms with Crippen LogP contribution in [0.2, 0.25) is 0 Å². The maximum absolute atomic E-state index is 10.9. The van der Waals surface area contributed by atoms with Gasteiger partial charge in [-0.2, -0.15) is 0 Å². The molecule has 0 radical (unpaired) electrons. The molecule has 0 heterocycles. The van der Waals surface area contributed by atoms with Gasteiger partial charge in [0, 0.05) is 5.92 Å². The Bertz CT molecular complexity index is 748. The summed E-state index contributed by atoms with van der Waals surface area (Å²) in [4.78, 5) is 10.9. The Kier molecular flexibility index (Phi) is 4.70. The molecule has 1 aromatic carbocycles. The molecule has 0 bridgehead atoms. The second-order valence-corrected chi connectivity index (χ2v) is 6.41. The summed E-state index contributed by atoms with van der Waals surface area (Å²) in [5.41, 5.74) is 2.85. The van der Waals surface area contributed by atoms with Gasteiger partial charge in [-0.05, 0) is 60.2 Å². The third-order valence-corrected chi connectivity index (χ3v) is 4.70. The molecule has 2 unspecified atom stereocenters. The van der Waals surface area contributed by atoms with Crippen LogP contribution in [-0.4, -0.2) is 11.1 Å². The van der Waals surface area contributed by atoms with Crippen molar-refractivity contribution in [3.8, 4) is 5.75 Å². The van der Waals surface area contributed by atoms with E-state index in [4.69, 9.17) is 9.84 Å². The molecule has 0 saturated carbocycles. The van der Waals surface area contributed by atoms with Crippen LogP contribution in [0.15, 0.2) is 71.6 Å². The topological polar surface area (TPSA) is 46.5 Å². The fourth-order valence-electron chi connectivity index (χ4n) is 2.99. The molecule has 2 atom stereocenters. The van der Waals surface area contributed by atoms with Crippen LogP contribution in [0.25, 0.3) is 0 Å². The summed E-state index contributed by atoms with van der Waals surface area (Å²) < 4.78 is 6.08. The Morgan fingerprint density at radius 3 is 2.58 bits per heavy atom. The molecule has 0 saturated heterocycles. The predicted molar refractivity (Wildman–Crippen MR) is 95.0 cm³/mol. The number of carboxylic acid groups (broad SMARTS) is 1. The number of hydrogen-bond donors (Lipinski definition) is 1. The molecule has 0 aromatic heterocycles. The number of hydrogen-bond acceptors (Lipinski definition) is 2. The van der Waals surface area contributed by atoms with Gasteiger partial charge in [-0.3, -0.25) is 0 Å². The highest BCUT2D eigenvalue weighted by Gasteiger charge is 2.23. The molecule has 3 rings (SSSR count). The molecule has 2 aliphatic carbocycles. The van der Waals surface area contributed by atoms with Crippen molar-refractivity contribution < 1.29 is 14.6 Å². The largest absolute Gasteiger partial charge is 0.478 e. The van der Waals surface area contributed by atoms with E-state index in [0.717, 1.165) is 18.6 Å². The van der Waals surface area contributed by atoms with Gasteiger partial charge in [0.1, 0.15) is 11.5 Å². The first-order valence-corrected chi connectivity index (χ1v) is 8.35. The molecular weight excluding hydrogens is 300 g/mol. The Morgan fingerprint density at radius 1 is 1.21 bits per heavy atom. The fourth-order valence-corrected chi connectivity index (χ4v) is 2.99. The zero-order valence-electron chi connectivity index (χ0n) is 14.0. The number of ether oxygens (including phenoxy) is 1. The summed E-state index contributed by atoms with van der Waals surface area (Å²) in [6.45, 7) is 4.36. The van der Waals surface area contributed by atoms with E-state index in [1.54, 1.807) is 24.3 Å². The Morgan fingerprint density at radius 2 is 1.96 bits per heavy atom. The molecule has 1 N–H and O–H groups in total. The number of benzene rings is 1. The minimum Gasteiger partial charge on any atom is -0.478 e. The van der Waals surface area contributed by atoms with E-state index < -0.39 is 5.97 Å². The maximum Gasteiger partial charge on any atom is 0.335 e. The summed E-state index contributed by atoms with van der Waals surface area (Å²) in [5.74, 6) is 1.35. The molecular formula is C21H22O3. The van der Waals surface area contributed by atoms with E-state index in [1.165, 1.54) is 11.1 Å². The molecule has 2 aliphatic rings. The summed E-state index contributed by atoms with van der Waals surface area (Å²) in [7, 11) is 0. The lowest BCUT2D eigenvalue weighted by Gasteiger charge is -2.27. The Hall–Kier alpha value is -2.55. The fraction of sp³-hybridized carbons (Fsp3) is 0.286. The minimum absolute atomic E-state index is 0.265. The first-order valence-electron chi connectivity index (χ1n) is 8.35. The zero-order valence-corrected chi connectivity index (χ0v) is 14.0. The third kappa shape index (κ3) is 3.51. The first kappa shape index (κ1) is 16.3. The van der Waals surface area contributed by atoms with Crippen molar-refractivity contribution in [1.29, 1.82) is 0 Å². The van der Waals surface area contributed by atoms with Crippen molar-refractivity contribution in [2.45, 2.75) is 26.7 Å². The molecule has 3 nitrogen and oxygen atoms in total. The SMILES string of the molecule is CC1C=C(C2=CC=CCC2)C=C(Oc2ccc(C(=O)O)cc2)C1C. The van der Waals surface area contributed by atoms with E-state index in [9.17, 15) is 4.79 Å². The normalized spacial score (nSPS) is 23.2. The molecule has 0 aliphatic heterocycles. The molecule has 124 valence electrons. The second kappa shape index (κ2) is 6.91. The van der Waals surface area contributed by atoms with Crippen molar-refractivity contribution in [3.63, 3.8) is 0 Å². The molecule has 0 fully saturated rings. The van der Waals surface area contributed by atoms with E-state index in [1.807, 2.05) is 0 Å². The summed E-state index contributed by atoms with van der Waals surface area (Å²) >= 11 is 0. The molecule has 3 heteroatoms. The predicted octanol–water partition coefficient (Wildman–Crippen LogP) is 5.14. The van der Waals surface area contributed by atoms with Gasteiger partial charge in [0.15, 0.2) is 0 Å². The molecule has 0 spiro atoms.